The van der Waals surface area contributed by atoms with Gasteiger partial charge in [0.05, 0.1) is 31.6 Å². The number of nitriles is 2. The molecule has 0 aliphatic heterocycles. The van der Waals surface area contributed by atoms with Crippen LogP contribution in [-0.4, -0.2) is 36.5 Å². The van der Waals surface area contributed by atoms with E-state index in [0.717, 1.165) is 12.8 Å². The molecule has 17 heavy (non-hydrogen) atoms. The first-order valence-electron chi connectivity index (χ1n) is 6.02. The zero-order valence-corrected chi connectivity index (χ0v) is 9.98. The fourth-order valence-electron chi connectivity index (χ4n) is 2.17. The van der Waals surface area contributed by atoms with Crippen LogP contribution in [0.5, 0.6) is 0 Å². The zero-order chi connectivity index (χ0) is 12.5. The van der Waals surface area contributed by atoms with Crippen LogP contribution in [-0.2, 0) is 4.79 Å². The molecule has 5 nitrogen and oxygen atoms in total. The van der Waals surface area contributed by atoms with Crippen LogP contribution >= 0.6 is 0 Å². The molecule has 0 bridgehead atoms. The Balaban J connectivity index is 2.35. The second-order valence-electron chi connectivity index (χ2n) is 4.26. The molecule has 92 valence electrons. The molecule has 0 spiro atoms. The molecule has 5 heteroatoms. The molecule has 1 amide bonds. The Kier molecular flexibility index (Phi) is 6.06. The van der Waals surface area contributed by atoms with E-state index in [2.05, 4.69) is 11.4 Å². The molecule has 1 fully saturated rings. The minimum absolute atomic E-state index is 0.0950. The predicted octanol–water partition coefficient (Wildman–Crippen LogP) is 0.784. The van der Waals surface area contributed by atoms with E-state index in [1.807, 2.05) is 11.0 Å². The largest absolute Gasteiger partial charge is 0.354 e. The van der Waals surface area contributed by atoms with Crippen molar-refractivity contribution in [2.45, 2.75) is 38.1 Å². The van der Waals surface area contributed by atoms with Gasteiger partial charge < -0.3 is 5.32 Å². The molecule has 0 saturated heterocycles. The molecular formula is C12H18N4O. The highest BCUT2D eigenvalue weighted by molar-refractivity contribution is 5.78. The van der Waals surface area contributed by atoms with Gasteiger partial charge in [0, 0.05) is 12.6 Å². The fraction of sp³-hybridized carbons (Fsp3) is 0.750. The van der Waals surface area contributed by atoms with Gasteiger partial charge in [-0.15, -0.1) is 0 Å². The molecule has 1 rings (SSSR count). The van der Waals surface area contributed by atoms with E-state index in [0.29, 0.717) is 25.6 Å². The molecule has 0 aromatic carbocycles. The van der Waals surface area contributed by atoms with Crippen LogP contribution in [0.2, 0.25) is 0 Å². The summed E-state index contributed by atoms with van der Waals surface area (Å²) in [6.07, 6.45) is 4.85. The Hall–Kier alpha value is -1.59. The van der Waals surface area contributed by atoms with Crippen molar-refractivity contribution in [3.05, 3.63) is 0 Å². The third-order valence-electron chi connectivity index (χ3n) is 3.02. The van der Waals surface area contributed by atoms with Crippen LogP contribution in [0.1, 0.15) is 32.1 Å². The molecular weight excluding hydrogens is 216 g/mol. The van der Waals surface area contributed by atoms with Crippen molar-refractivity contribution in [2.24, 2.45) is 0 Å². The molecule has 0 aromatic rings. The second-order valence-corrected chi connectivity index (χ2v) is 4.26. The van der Waals surface area contributed by atoms with Crippen LogP contribution < -0.4 is 5.32 Å². The molecule has 0 unspecified atom stereocenters. The third kappa shape index (κ3) is 4.84. The van der Waals surface area contributed by atoms with Crippen molar-refractivity contribution < 1.29 is 4.79 Å². The monoisotopic (exact) mass is 234 g/mol. The fourth-order valence-corrected chi connectivity index (χ4v) is 2.17. The van der Waals surface area contributed by atoms with Gasteiger partial charge in [-0.25, -0.2) is 0 Å². The number of amides is 1. The lowest BCUT2D eigenvalue weighted by Crippen LogP contribution is -2.42. The molecule has 0 atom stereocenters. The van der Waals surface area contributed by atoms with Crippen molar-refractivity contribution in [3.8, 4) is 12.1 Å². The SMILES string of the molecule is N#CCCNC(=O)CN(CC#N)C1CCCC1. The van der Waals surface area contributed by atoms with Gasteiger partial charge in [-0.2, -0.15) is 10.5 Å². The van der Waals surface area contributed by atoms with E-state index < -0.39 is 0 Å². The summed E-state index contributed by atoms with van der Waals surface area (Å²) in [5, 5.41) is 19.8. The molecule has 1 aliphatic carbocycles. The maximum Gasteiger partial charge on any atom is 0.234 e. The first kappa shape index (κ1) is 13.5. The number of rotatable bonds is 6. The Morgan fingerprint density at radius 2 is 2.00 bits per heavy atom. The molecule has 1 aliphatic rings. The molecule has 1 N–H and O–H groups in total. The topological polar surface area (TPSA) is 79.9 Å². The summed E-state index contributed by atoms with van der Waals surface area (Å²) in [7, 11) is 0. The van der Waals surface area contributed by atoms with E-state index in [1.165, 1.54) is 12.8 Å². The van der Waals surface area contributed by atoms with Crippen LogP contribution in [0.25, 0.3) is 0 Å². The average molecular weight is 234 g/mol. The van der Waals surface area contributed by atoms with E-state index in [9.17, 15) is 4.79 Å². The summed E-state index contributed by atoms with van der Waals surface area (Å²) in [5.41, 5.74) is 0. The van der Waals surface area contributed by atoms with Crippen LogP contribution in [0.4, 0.5) is 0 Å². The predicted molar refractivity (Wildman–Crippen MR) is 62.7 cm³/mol. The van der Waals surface area contributed by atoms with Gasteiger partial charge in [-0.05, 0) is 12.8 Å². The van der Waals surface area contributed by atoms with Gasteiger partial charge in [0.1, 0.15) is 0 Å². The highest BCUT2D eigenvalue weighted by atomic mass is 16.2. The first-order valence-corrected chi connectivity index (χ1v) is 6.02. The Morgan fingerprint density at radius 1 is 1.29 bits per heavy atom. The number of nitrogens with one attached hydrogen (secondary N) is 1. The van der Waals surface area contributed by atoms with Crippen molar-refractivity contribution in [1.29, 1.82) is 10.5 Å². The summed E-state index contributed by atoms with van der Waals surface area (Å²) in [4.78, 5) is 13.5. The van der Waals surface area contributed by atoms with E-state index >= 15 is 0 Å². The first-order chi connectivity index (χ1) is 8.27. The summed E-state index contributed by atoms with van der Waals surface area (Å²) >= 11 is 0. The maximum absolute atomic E-state index is 11.6. The lowest BCUT2D eigenvalue weighted by Gasteiger charge is -2.25. The lowest BCUT2D eigenvalue weighted by atomic mass is 10.2. The quantitative estimate of drug-likeness (QED) is 0.544. The van der Waals surface area contributed by atoms with Gasteiger partial charge in [-0.3, -0.25) is 9.69 Å². The van der Waals surface area contributed by atoms with E-state index in [4.69, 9.17) is 10.5 Å². The number of carbonyl (C=O) groups excluding carboxylic acids is 1. The van der Waals surface area contributed by atoms with Crippen molar-refractivity contribution >= 4 is 5.91 Å². The van der Waals surface area contributed by atoms with Gasteiger partial charge in [0.2, 0.25) is 5.91 Å². The van der Waals surface area contributed by atoms with Crippen LogP contribution in [0, 0.1) is 22.7 Å². The maximum atomic E-state index is 11.6. The average Bonchev–Trinajstić information content (AvgIpc) is 2.82. The number of hydrogen-bond donors (Lipinski definition) is 1. The minimum Gasteiger partial charge on any atom is -0.354 e. The summed E-state index contributed by atoms with van der Waals surface area (Å²) in [6.45, 7) is 0.959. The smallest absolute Gasteiger partial charge is 0.234 e. The molecule has 0 aromatic heterocycles. The highest BCUT2D eigenvalue weighted by Crippen LogP contribution is 2.22. The van der Waals surface area contributed by atoms with Gasteiger partial charge in [0.15, 0.2) is 0 Å². The summed E-state index contributed by atoms with van der Waals surface area (Å²) in [5.74, 6) is -0.0950. The molecule has 0 radical (unpaired) electrons. The van der Waals surface area contributed by atoms with Gasteiger partial charge in [-0.1, -0.05) is 12.8 Å². The summed E-state index contributed by atoms with van der Waals surface area (Å²) < 4.78 is 0. The number of carbonyl (C=O) groups is 1. The van der Waals surface area contributed by atoms with Gasteiger partial charge in [0.25, 0.3) is 0 Å². The van der Waals surface area contributed by atoms with E-state index in [-0.39, 0.29) is 12.5 Å². The van der Waals surface area contributed by atoms with E-state index in [1.54, 1.807) is 0 Å². The third-order valence-corrected chi connectivity index (χ3v) is 3.02. The Morgan fingerprint density at radius 3 is 2.59 bits per heavy atom. The molecule has 0 heterocycles. The van der Waals surface area contributed by atoms with Crippen molar-refractivity contribution in [1.82, 2.24) is 10.2 Å². The zero-order valence-electron chi connectivity index (χ0n) is 9.98. The number of hydrogen-bond acceptors (Lipinski definition) is 4. The normalized spacial score (nSPS) is 15.5. The number of nitrogens with zero attached hydrogens (tertiary/aromatic N) is 3. The van der Waals surface area contributed by atoms with Gasteiger partial charge >= 0.3 is 0 Å². The Bertz CT molecular complexity index is 322. The second kappa shape index (κ2) is 7.65. The van der Waals surface area contributed by atoms with Crippen LogP contribution in [0.3, 0.4) is 0 Å². The molecule has 1 saturated carbocycles. The minimum atomic E-state index is -0.0950. The van der Waals surface area contributed by atoms with Crippen molar-refractivity contribution in [3.63, 3.8) is 0 Å². The Labute approximate surface area is 102 Å². The lowest BCUT2D eigenvalue weighted by molar-refractivity contribution is -0.122. The van der Waals surface area contributed by atoms with Crippen LogP contribution in [0.15, 0.2) is 0 Å². The standard InChI is InChI=1S/C12H18N4O/c13-6-3-8-15-12(17)10-16(9-7-14)11-4-1-2-5-11/h11H,1-5,8-10H2,(H,15,17). The van der Waals surface area contributed by atoms with Crippen molar-refractivity contribution in [2.75, 3.05) is 19.6 Å². The summed E-state index contributed by atoms with van der Waals surface area (Å²) in [6, 6.07) is 4.46. The highest BCUT2D eigenvalue weighted by Gasteiger charge is 2.23.